The van der Waals surface area contributed by atoms with Crippen LogP contribution in [0.15, 0.2) is 25.5 Å². The summed E-state index contributed by atoms with van der Waals surface area (Å²) in [4.78, 5) is 8.38. The number of rotatable bonds is 0. The number of aliphatic imine (C=N–C) groups is 1. The Labute approximate surface area is 95.9 Å². The van der Waals surface area contributed by atoms with Gasteiger partial charge in [-0.3, -0.25) is 0 Å². The fraction of sp³-hybridized carbons (Fsp3) is 0.375. The van der Waals surface area contributed by atoms with E-state index >= 15 is 0 Å². The van der Waals surface area contributed by atoms with Crippen molar-refractivity contribution in [3.8, 4) is 0 Å². The summed E-state index contributed by atoms with van der Waals surface area (Å²) in [6.45, 7) is 1.73. The lowest BCUT2D eigenvalue weighted by atomic mass is 10.2. The first kappa shape index (κ1) is 9.33. The van der Waals surface area contributed by atoms with Gasteiger partial charge < -0.3 is 9.80 Å². The van der Waals surface area contributed by atoms with Crippen molar-refractivity contribution in [2.45, 2.75) is 0 Å². The van der Waals surface area contributed by atoms with Gasteiger partial charge in [0.25, 0.3) is 0 Å². The van der Waals surface area contributed by atoms with Gasteiger partial charge in [0.05, 0.1) is 13.0 Å². The van der Waals surface area contributed by atoms with E-state index in [9.17, 15) is 0 Å². The molecule has 0 fully saturated rings. The third kappa shape index (κ3) is 1.83. The van der Waals surface area contributed by atoms with Crippen LogP contribution in [0, 0.1) is 0 Å². The molecule has 0 unspecified atom stereocenters. The van der Waals surface area contributed by atoms with Crippen LogP contribution < -0.4 is 0 Å². The molecule has 5 heteroatoms. The molecule has 0 N–H and O–H groups in total. The molecule has 0 saturated heterocycles. The summed E-state index contributed by atoms with van der Waals surface area (Å²) in [6.07, 6.45) is 3.89. The Kier molecular flexibility index (Phi) is 2.51. The summed E-state index contributed by atoms with van der Waals surface area (Å²) in [5, 5.41) is 0.618. The van der Waals surface area contributed by atoms with Crippen molar-refractivity contribution < 1.29 is 0 Å². The second-order valence-corrected chi connectivity index (χ2v) is 4.66. The molecule has 0 aromatic rings. The zero-order valence-corrected chi connectivity index (χ0v) is 10.1. The highest BCUT2D eigenvalue weighted by atomic mass is 127. The van der Waals surface area contributed by atoms with Crippen LogP contribution in [0.25, 0.3) is 0 Å². The van der Waals surface area contributed by atoms with E-state index in [0.717, 1.165) is 18.8 Å². The van der Waals surface area contributed by atoms with E-state index in [-0.39, 0.29) is 0 Å². The second-order valence-electron chi connectivity index (χ2n) is 3.14. The fourth-order valence-corrected chi connectivity index (χ4v) is 2.64. The predicted molar refractivity (Wildman–Crippen MR) is 62.8 cm³/mol. The monoisotopic (exact) mass is 309 g/mol. The molecule has 2 aliphatic heterocycles. The van der Waals surface area contributed by atoms with E-state index in [0.29, 0.717) is 5.16 Å². The van der Waals surface area contributed by atoms with Crippen LogP contribution in [0.1, 0.15) is 0 Å². The number of fused-ring (bicyclic) bond motifs is 2. The topological polar surface area (TPSA) is 18.8 Å². The van der Waals surface area contributed by atoms with Crippen molar-refractivity contribution in [2.75, 3.05) is 20.3 Å². The van der Waals surface area contributed by atoms with Gasteiger partial charge in [0.1, 0.15) is 5.16 Å². The van der Waals surface area contributed by atoms with Crippen LogP contribution in [0.5, 0.6) is 0 Å². The first-order chi connectivity index (χ1) is 6.16. The maximum Gasteiger partial charge on any atom is 0.136 e. The predicted octanol–water partition coefficient (Wildman–Crippen LogP) is 1.96. The molecule has 13 heavy (non-hydrogen) atoms. The van der Waals surface area contributed by atoms with Crippen LogP contribution in [0.4, 0.5) is 0 Å². The highest BCUT2D eigenvalue weighted by molar-refractivity contribution is 14.1. The first-order valence-electron chi connectivity index (χ1n) is 3.91. The molecule has 2 aliphatic rings. The van der Waals surface area contributed by atoms with Crippen molar-refractivity contribution in [3.05, 3.63) is 20.5 Å². The van der Waals surface area contributed by atoms with Crippen molar-refractivity contribution in [1.29, 1.82) is 0 Å². The van der Waals surface area contributed by atoms with Gasteiger partial charge in [-0.25, -0.2) is 4.99 Å². The highest BCUT2D eigenvalue weighted by Crippen LogP contribution is 2.29. The Morgan fingerprint density at radius 1 is 1.62 bits per heavy atom. The van der Waals surface area contributed by atoms with Crippen LogP contribution in [0.2, 0.25) is 0 Å². The minimum atomic E-state index is 0.618. The smallest absolute Gasteiger partial charge is 0.136 e. The average molecular weight is 310 g/mol. The Hall–Kier alpha value is -0.230. The largest absolute Gasteiger partial charge is 0.362 e. The molecule has 2 heterocycles. The SMILES string of the molecule is CN1C=C(I)C2=C(Cl)N=CN(C2)C1. The molecule has 2 bridgehead atoms. The van der Waals surface area contributed by atoms with Gasteiger partial charge >= 0.3 is 0 Å². The van der Waals surface area contributed by atoms with E-state index in [4.69, 9.17) is 11.6 Å². The summed E-state index contributed by atoms with van der Waals surface area (Å²) >= 11 is 8.28. The molecule has 0 aromatic heterocycles. The molecular weight excluding hydrogens is 300 g/mol. The maximum absolute atomic E-state index is 5.99. The summed E-state index contributed by atoms with van der Waals surface area (Å²) in [5.41, 5.74) is 1.12. The Balaban J connectivity index is 2.43. The third-order valence-corrected chi connectivity index (χ3v) is 3.23. The standard InChI is InChI=1S/C8H9ClIN3/c1-12-3-7(10)6-2-13(5-12)4-11-8(6)9/h3-4H,2,5H2,1H3. The van der Waals surface area contributed by atoms with E-state index in [1.165, 1.54) is 3.58 Å². The van der Waals surface area contributed by atoms with E-state index < -0.39 is 0 Å². The van der Waals surface area contributed by atoms with Crippen LogP contribution in [-0.4, -0.2) is 36.4 Å². The molecule has 0 aliphatic carbocycles. The van der Waals surface area contributed by atoms with Gasteiger partial charge in [0, 0.05) is 28.9 Å². The van der Waals surface area contributed by atoms with Crippen molar-refractivity contribution in [1.82, 2.24) is 9.80 Å². The van der Waals surface area contributed by atoms with E-state index in [1.807, 2.05) is 7.05 Å². The lowest BCUT2D eigenvalue weighted by Gasteiger charge is -2.24. The molecule has 3 nitrogen and oxygen atoms in total. The minimum Gasteiger partial charge on any atom is -0.362 e. The molecule has 0 aromatic carbocycles. The zero-order valence-electron chi connectivity index (χ0n) is 7.17. The number of hydrogen-bond acceptors (Lipinski definition) is 3. The molecular formula is C8H9ClIN3. The number of halogens is 2. The molecule has 0 spiro atoms. The Morgan fingerprint density at radius 3 is 3.15 bits per heavy atom. The maximum atomic E-state index is 5.99. The quantitative estimate of drug-likeness (QED) is 0.503. The molecule has 70 valence electrons. The van der Waals surface area contributed by atoms with Crippen LogP contribution >= 0.6 is 34.2 Å². The van der Waals surface area contributed by atoms with Gasteiger partial charge in [-0.15, -0.1) is 0 Å². The molecule has 2 rings (SSSR count). The summed E-state index contributed by atoms with van der Waals surface area (Å²) in [6, 6.07) is 0. The van der Waals surface area contributed by atoms with E-state index in [1.54, 1.807) is 6.34 Å². The van der Waals surface area contributed by atoms with Gasteiger partial charge in [0.15, 0.2) is 0 Å². The molecule has 0 amide bonds. The van der Waals surface area contributed by atoms with Gasteiger partial charge in [-0.2, -0.15) is 0 Å². The average Bonchev–Trinajstić information content (AvgIpc) is 2.18. The van der Waals surface area contributed by atoms with Crippen molar-refractivity contribution in [2.24, 2.45) is 4.99 Å². The molecule has 0 saturated carbocycles. The third-order valence-electron chi connectivity index (χ3n) is 1.97. The number of nitrogens with zero attached hydrogens (tertiary/aromatic N) is 3. The zero-order chi connectivity index (χ0) is 9.42. The van der Waals surface area contributed by atoms with Crippen molar-refractivity contribution in [3.63, 3.8) is 0 Å². The minimum absolute atomic E-state index is 0.618. The summed E-state index contributed by atoms with van der Waals surface area (Å²) < 4.78 is 1.17. The van der Waals surface area contributed by atoms with Gasteiger partial charge in [0.2, 0.25) is 0 Å². The Bertz CT molecular complexity index is 321. The normalized spacial score (nSPS) is 21.9. The fourth-order valence-electron chi connectivity index (χ4n) is 1.38. The van der Waals surface area contributed by atoms with E-state index in [2.05, 4.69) is 43.6 Å². The lowest BCUT2D eigenvalue weighted by molar-refractivity contribution is 0.308. The highest BCUT2D eigenvalue weighted by Gasteiger charge is 2.19. The molecule has 0 atom stereocenters. The van der Waals surface area contributed by atoms with Gasteiger partial charge in [-0.05, 0) is 22.6 Å². The van der Waals surface area contributed by atoms with Crippen LogP contribution in [0.3, 0.4) is 0 Å². The molecule has 0 radical (unpaired) electrons. The Morgan fingerprint density at radius 2 is 2.38 bits per heavy atom. The van der Waals surface area contributed by atoms with Gasteiger partial charge in [-0.1, -0.05) is 11.6 Å². The number of hydrogen-bond donors (Lipinski definition) is 0. The van der Waals surface area contributed by atoms with Crippen LogP contribution in [-0.2, 0) is 0 Å². The summed E-state index contributed by atoms with van der Waals surface area (Å²) in [5.74, 6) is 0. The summed E-state index contributed by atoms with van der Waals surface area (Å²) in [7, 11) is 2.04. The second kappa shape index (κ2) is 3.49. The van der Waals surface area contributed by atoms with Crippen molar-refractivity contribution >= 4 is 40.5 Å². The first-order valence-corrected chi connectivity index (χ1v) is 5.37. The lowest BCUT2D eigenvalue weighted by Crippen LogP contribution is -2.32.